The topological polar surface area (TPSA) is 134 Å². The molecule has 0 aliphatic carbocycles. The van der Waals surface area contributed by atoms with Crippen molar-refractivity contribution in [3.63, 3.8) is 0 Å². The number of aromatic nitrogens is 2. The maximum atomic E-state index is 5.96. The lowest BCUT2D eigenvalue weighted by Crippen LogP contribution is -2.15. The van der Waals surface area contributed by atoms with Gasteiger partial charge in [-0.2, -0.15) is 5.10 Å². The molecule has 0 fully saturated rings. The number of anilines is 1. The number of benzene rings is 2. The Bertz CT molecular complexity index is 1060. The third-order valence-electron chi connectivity index (χ3n) is 3.85. The Morgan fingerprint density at radius 1 is 1.28 bits per heavy atom. The molecule has 0 unspecified atom stereocenters. The normalized spacial score (nSPS) is 11.8. The average Bonchev–Trinajstić information content (AvgIpc) is 3.12. The molecule has 0 aliphatic heterocycles. The third-order valence-corrected chi connectivity index (χ3v) is 4.44. The second-order valence-electron chi connectivity index (χ2n) is 6.04. The van der Waals surface area contributed by atoms with Crippen LogP contribution >= 0.6 is 15.9 Å². The molecule has 1 heterocycles. The molecule has 2 aromatic carbocycles. The fraction of sp³-hybridized carbons (Fsp3) is 0.158. The van der Waals surface area contributed by atoms with Crippen molar-refractivity contribution >= 4 is 33.8 Å². The van der Waals surface area contributed by atoms with E-state index in [1.165, 1.54) is 11.8 Å². The second kappa shape index (κ2) is 9.20. The third kappa shape index (κ3) is 5.11. The fourth-order valence-corrected chi connectivity index (χ4v) is 3.06. The van der Waals surface area contributed by atoms with Crippen LogP contribution in [0.25, 0.3) is 0 Å². The minimum absolute atomic E-state index is 0.0101. The van der Waals surface area contributed by atoms with Gasteiger partial charge in [0.2, 0.25) is 0 Å². The van der Waals surface area contributed by atoms with Gasteiger partial charge in [-0.15, -0.1) is 5.10 Å². The number of aryl methyl sites for hydroxylation is 1. The highest BCUT2D eigenvalue weighted by Gasteiger charge is 2.12. The van der Waals surface area contributed by atoms with Crippen molar-refractivity contribution in [1.82, 2.24) is 10.3 Å². The predicted molar refractivity (Wildman–Crippen MR) is 113 cm³/mol. The van der Waals surface area contributed by atoms with E-state index in [0.29, 0.717) is 22.6 Å². The van der Waals surface area contributed by atoms with Gasteiger partial charge in [0, 0.05) is 0 Å². The van der Waals surface area contributed by atoms with Crippen LogP contribution in [0.3, 0.4) is 0 Å². The van der Waals surface area contributed by atoms with E-state index in [4.69, 9.17) is 20.9 Å². The van der Waals surface area contributed by atoms with Gasteiger partial charge in [-0.3, -0.25) is 0 Å². The molecule has 0 radical (unpaired) electrons. The zero-order chi connectivity index (χ0) is 20.8. The van der Waals surface area contributed by atoms with Crippen LogP contribution in [-0.2, 0) is 6.61 Å². The number of nitrogen functional groups attached to an aromatic ring is 1. The molecule has 1 aromatic heterocycles. The summed E-state index contributed by atoms with van der Waals surface area (Å²) in [5.41, 5.74) is 14.4. The molecule has 0 saturated carbocycles. The van der Waals surface area contributed by atoms with Crippen LogP contribution in [0, 0.1) is 6.92 Å². The lowest BCUT2D eigenvalue weighted by molar-refractivity contribution is 0.282. The van der Waals surface area contributed by atoms with Gasteiger partial charge in [0.1, 0.15) is 6.61 Å². The first kappa shape index (κ1) is 20.3. The van der Waals surface area contributed by atoms with Crippen molar-refractivity contribution in [2.75, 3.05) is 12.8 Å². The second-order valence-corrected chi connectivity index (χ2v) is 6.89. The first-order valence-corrected chi connectivity index (χ1v) is 9.28. The number of halogens is 1. The van der Waals surface area contributed by atoms with Crippen LogP contribution in [-0.4, -0.2) is 29.5 Å². The Kier molecular flexibility index (Phi) is 6.45. The lowest BCUT2D eigenvalue weighted by atomic mass is 10.1. The van der Waals surface area contributed by atoms with Gasteiger partial charge in [0.05, 0.1) is 17.8 Å². The van der Waals surface area contributed by atoms with Crippen molar-refractivity contribution in [3.8, 4) is 11.5 Å². The van der Waals surface area contributed by atoms with E-state index < -0.39 is 0 Å². The number of amidine groups is 1. The molecule has 0 saturated heterocycles. The summed E-state index contributed by atoms with van der Waals surface area (Å²) in [7, 11) is 1.57. The average molecular weight is 459 g/mol. The van der Waals surface area contributed by atoms with Crippen LogP contribution < -0.4 is 20.9 Å². The van der Waals surface area contributed by atoms with Crippen LogP contribution in [0.5, 0.6) is 11.5 Å². The Hall–Kier alpha value is -3.40. The van der Waals surface area contributed by atoms with Gasteiger partial charge in [0.25, 0.3) is 0 Å². The van der Waals surface area contributed by atoms with E-state index in [1.54, 1.807) is 13.2 Å². The zero-order valence-corrected chi connectivity index (χ0v) is 17.4. The first-order chi connectivity index (χ1) is 14.0. The van der Waals surface area contributed by atoms with Gasteiger partial charge in [-0.1, -0.05) is 29.8 Å². The Balaban J connectivity index is 1.76. The summed E-state index contributed by atoms with van der Waals surface area (Å²) in [5.74, 6) is 1.18. The molecule has 0 amide bonds. The standard InChI is InChI=1S/C19H19BrN6O3/c1-11-4-3-5-12(6-11)10-28-17-14(20)7-13(8-15(17)27-2)9-23-24-18(21)16-19(22)26-29-25-16/h3-9H,10H2,1-2H3,(H2,21,24)(H2,22,26). The Morgan fingerprint density at radius 2 is 2.10 bits per heavy atom. The van der Waals surface area contributed by atoms with Crippen molar-refractivity contribution in [2.45, 2.75) is 13.5 Å². The van der Waals surface area contributed by atoms with Crippen LogP contribution in [0.1, 0.15) is 22.4 Å². The monoisotopic (exact) mass is 458 g/mol. The summed E-state index contributed by atoms with van der Waals surface area (Å²) >= 11 is 3.51. The number of hydrogen-bond acceptors (Lipinski definition) is 8. The van der Waals surface area contributed by atoms with E-state index >= 15 is 0 Å². The van der Waals surface area contributed by atoms with Gasteiger partial charge in [0.15, 0.2) is 28.8 Å². The van der Waals surface area contributed by atoms with Crippen molar-refractivity contribution in [2.24, 2.45) is 15.9 Å². The van der Waals surface area contributed by atoms with E-state index in [-0.39, 0.29) is 17.3 Å². The fourth-order valence-electron chi connectivity index (χ4n) is 2.49. The maximum Gasteiger partial charge on any atom is 0.199 e. The number of nitrogens with zero attached hydrogens (tertiary/aromatic N) is 4. The molecule has 3 aromatic rings. The van der Waals surface area contributed by atoms with Gasteiger partial charge >= 0.3 is 0 Å². The maximum absolute atomic E-state index is 5.96. The van der Waals surface area contributed by atoms with Gasteiger partial charge in [-0.25, -0.2) is 4.63 Å². The molecule has 0 spiro atoms. The lowest BCUT2D eigenvalue weighted by Gasteiger charge is -2.13. The predicted octanol–water partition coefficient (Wildman–Crippen LogP) is 3.05. The summed E-state index contributed by atoms with van der Waals surface area (Å²) in [6, 6.07) is 11.7. The van der Waals surface area contributed by atoms with Crippen molar-refractivity contribution < 1.29 is 14.1 Å². The van der Waals surface area contributed by atoms with Crippen LogP contribution in [0.15, 0.2) is 55.7 Å². The first-order valence-electron chi connectivity index (χ1n) is 8.48. The summed E-state index contributed by atoms with van der Waals surface area (Å²) < 4.78 is 16.6. The smallest absolute Gasteiger partial charge is 0.199 e. The molecular weight excluding hydrogens is 440 g/mol. The summed E-state index contributed by atoms with van der Waals surface area (Å²) in [6.07, 6.45) is 1.51. The van der Waals surface area contributed by atoms with Crippen molar-refractivity contribution in [3.05, 3.63) is 63.3 Å². The van der Waals surface area contributed by atoms with Crippen LogP contribution in [0.4, 0.5) is 5.82 Å². The molecule has 4 N–H and O–H groups in total. The summed E-state index contributed by atoms with van der Waals surface area (Å²) in [5, 5.41) is 14.8. The van der Waals surface area contributed by atoms with Gasteiger partial charge < -0.3 is 20.9 Å². The molecular formula is C19H19BrN6O3. The molecule has 9 nitrogen and oxygen atoms in total. The number of methoxy groups -OCH3 is 1. The molecule has 10 heteroatoms. The van der Waals surface area contributed by atoms with Crippen molar-refractivity contribution in [1.29, 1.82) is 0 Å². The Morgan fingerprint density at radius 3 is 2.79 bits per heavy atom. The van der Waals surface area contributed by atoms with E-state index in [2.05, 4.69) is 47.1 Å². The minimum atomic E-state index is -0.0101. The number of nitrogens with two attached hydrogens (primary N) is 2. The quantitative estimate of drug-likeness (QED) is 0.315. The minimum Gasteiger partial charge on any atom is -0.493 e. The van der Waals surface area contributed by atoms with E-state index in [0.717, 1.165) is 11.1 Å². The highest BCUT2D eigenvalue weighted by molar-refractivity contribution is 9.10. The number of rotatable bonds is 7. The summed E-state index contributed by atoms with van der Waals surface area (Å²) in [6.45, 7) is 2.45. The number of hydrogen-bond donors (Lipinski definition) is 2. The summed E-state index contributed by atoms with van der Waals surface area (Å²) in [4.78, 5) is 0. The van der Waals surface area contributed by atoms with Gasteiger partial charge in [-0.05, 0) is 56.4 Å². The SMILES string of the molecule is COc1cc(C=N/N=C(/N)c2nonc2N)cc(Br)c1OCc1cccc(C)c1. The molecule has 3 rings (SSSR count). The largest absolute Gasteiger partial charge is 0.493 e. The number of ether oxygens (including phenoxy) is 2. The molecule has 0 aliphatic rings. The van der Waals surface area contributed by atoms with E-state index in [1.807, 2.05) is 31.2 Å². The van der Waals surface area contributed by atoms with E-state index in [9.17, 15) is 0 Å². The zero-order valence-electron chi connectivity index (χ0n) is 15.8. The highest BCUT2D eigenvalue weighted by Crippen LogP contribution is 2.36. The molecule has 29 heavy (non-hydrogen) atoms. The molecule has 150 valence electrons. The molecule has 0 bridgehead atoms. The highest BCUT2D eigenvalue weighted by atomic mass is 79.9. The van der Waals surface area contributed by atoms with Crippen LogP contribution in [0.2, 0.25) is 0 Å². The Labute approximate surface area is 175 Å². The molecule has 0 atom stereocenters.